The Balaban J connectivity index is 1.78. The fourth-order valence-corrected chi connectivity index (χ4v) is 3.31. The van der Waals surface area contributed by atoms with E-state index in [1.54, 1.807) is 12.1 Å². The van der Waals surface area contributed by atoms with Gasteiger partial charge in [-0.2, -0.15) is 0 Å². The molecule has 0 amide bonds. The van der Waals surface area contributed by atoms with Crippen molar-refractivity contribution in [3.63, 3.8) is 0 Å². The lowest BCUT2D eigenvalue weighted by atomic mass is 9.72. The molecule has 0 saturated heterocycles. The highest BCUT2D eigenvalue weighted by Gasteiger charge is 2.26. The van der Waals surface area contributed by atoms with Crippen LogP contribution in [0, 0.1) is 11.8 Å². The van der Waals surface area contributed by atoms with Gasteiger partial charge in [0.25, 0.3) is 0 Å². The Kier molecular flexibility index (Phi) is 3.94. The molecule has 0 bridgehead atoms. The summed E-state index contributed by atoms with van der Waals surface area (Å²) in [7, 11) is 0. The summed E-state index contributed by atoms with van der Waals surface area (Å²) in [6, 6.07) is 13.9. The molecule has 1 N–H and O–H groups in total. The van der Waals surface area contributed by atoms with Crippen molar-refractivity contribution in [2.45, 2.75) is 44.9 Å². The first kappa shape index (κ1) is 14.7. The van der Waals surface area contributed by atoms with Crippen molar-refractivity contribution in [2.24, 2.45) is 0 Å². The number of hydrogen-bond acceptors (Lipinski definition) is 1. The summed E-state index contributed by atoms with van der Waals surface area (Å²) in [5.41, 5.74) is 5.44. The van der Waals surface area contributed by atoms with Crippen LogP contribution in [0.3, 0.4) is 0 Å². The predicted octanol–water partition coefficient (Wildman–Crippen LogP) is 4.60. The zero-order valence-electron chi connectivity index (χ0n) is 13.3. The van der Waals surface area contributed by atoms with Crippen LogP contribution in [0.25, 0.3) is 0 Å². The quantitative estimate of drug-likeness (QED) is 0.761. The molecule has 1 nitrogen and oxygen atoms in total. The van der Waals surface area contributed by atoms with Gasteiger partial charge in [-0.1, -0.05) is 50.0 Å². The summed E-state index contributed by atoms with van der Waals surface area (Å²) in [6.45, 7) is 4.68. The topological polar surface area (TPSA) is 20.2 Å². The van der Waals surface area contributed by atoms with Crippen LogP contribution >= 0.6 is 0 Å². The Morgan fingerprint density at radius 1 is 1.14 bits per heavy atom. The van der Waals surface area contributed by atoms with Crippen LogP contribution in [0.1, 0.15) is 48.9 Å². The van der Waals surface area contributed by atoms with E-state index < -0.39 is 0 Å². The van der Waals surface area contributed by atoms with Crippen LogP contribution in [0.4, 0.5) is 0 Å². The smallest absolute Gasteiger partial charge is 0.116 e. The number of phenolic OH excluding ortho intramolecular Hbond substituents is 1. The van der Waals surface area contributed by atoms with E-state index in [0.29, 0.717) is 5.41 Å². The fourth-order valence-electron chi connectivity index (χ4n) is 3.31. The van der Waals surface area contributed by atoms with Gasteiger partial charge in [-0.25, -0.2) is 0 Å². The molecule has 2 aromatic carbocycles. The maximum Gasteiger partial charge on any atom is 0.116 e. The SMILES string of the molecule is CC1(C)CCCc2cc(CC#Cc3cccc(O)c3)ccc21. The Labute approximate surface area is 133 Å². The van der Waals surface area contributed by atoms with E-state index in [1.165, 1.54) is 36.0 Å². The van der Waals surface area contributed by atoms with Gasteiger partial charge in [0.2, 0.25) is 0 Å². The lowest BCUT2D eigenvalue weighted by Gasteiger charge is -2.32. The first-order valence-corrected chi connectivity index (χ1v) is 7.95. The molecule has 0 aliphatic heterocycles. The third-order valence-electron chi connectivity index (χ3n) is 4.52. The fraction of sp³-hybridized carbons (Fsp3) is 0.333. The van der Waals surface area contributed by atoms with Gasteiger partial charge in [0, 0.05) is 12.0 Å². The number of aromatic hydroxyl groups is 1. The van der Waals surface area contributed by atoms with Gasteiger partial charge in [0.15, 0.2) is 0 Å². The van der Waals surface area contributed by atoms with Gasteiger partial charge in [0.1, 0.15) is 5.75 Å². The average molecular weight is 290 g/mol. The van der Waals surface area contributed by atoms with Crippen LogP contribution in [0.2, 0.25) is 0 Å². The zero-order chi connectivity index (χ0) is 15.6. The molecule has 2 aromatic rings. The van der Waals surface area contributed by atoms with Crippen molar-refractivity contribution >= 4 is 0 Å². The maximum atomic E-state index is 9.44. The molecule has 0 saturated carbocycles. The molecular weight excluding hydrogens is 268 g/mol. The Hall–Kier alpha value is -2.20. The van der Waals surface area contributed by atoms with Crippen molar-refractivity contribution in [1.82, 2.24) is 0 Å². The lowest BCUT2D eigenvalue weighted by molar-refractivity contribution is 0.431. The molecule has 1 heteroatoms. The molecule has 0 heterocycles. The average Bonchev–Trinajstić information content (AvgIpc) is 2.47. The van der Waals surface area contributed by atoms with E-state index >= 15 is 0 Å². The summed E-state index contributed by atoms with van der Waals surface area (Å²) in [5, 5.41) is 9.44. The van der Waals surface area contributed by atoms with Crippen molar-refractivity contribution < 1.29 is 5.11 Å². The summed E-state index contributed by atoms with van der Waals surface area (Å²) in [5.74, 6) is 6.60. The second-order valence-electron chi connectivity index (χ2n) is 6.76. The molecule has 0 fully saturated rings. The van der Waals surface area contributed by atoms with Gasteiger partial charge in [-0.3, -0.25) is 0 Å². The van der Waals surface area contributed by atoms with E-state index in [0.717, 1.165) is 12.0 Å². The summed E-state index contributed by atoms with van der Waals surface area (Å²) < 4.78 is 0. The highest BCUT2D eigenvalue weighted by molar-refractivity contribution is 5.42. The Morgan fingerprint density at radius 3 is 2.82 bits per heavy atom. The molecule has 0 spiro atoms. The molecule has 1 aliphatic rings. The minimum absolute atomic E-state index is 0.266. The van der Waals surface area contributed by atoms with Gasteiger partial charge in [-0.15, -0.1) is 0 Å². The number of hydrogen-bond donors (Lipinski definition) is 1. The van der Waals surface area contributed by atoms with Gasteiger partial charge >= 0.3 is 0 Å². The van der Waals surface area contributed by atoms with Crippen molar-refractivity contribution in [3.8, 4) is 17.6 Å². The minimum atomic E-state index is 0.266. The van der Waals surface area contributed by atoms with Gasteiger partial charge < -0.3 is 5.11 Å². The number of fused-ring (bicyclic) bond motifs is 1. The van der Waals surface area contributed by atoms with E-state index in [9.17, 15) is 5.11 Å². The van der Waals surface area contributed by atoms with Gasteiger partial charge in [0.05, 0.1) is 0 Å². The predicted molar refractivity (Wildman–Crippen MR) is 91.1 cm³/mol. The van der Waals surface area contributed by atoms with E-state index in [-0.39, 0.29) is 5.75 Å². The lowest BCUT2D eigenvalue weighted by Crippen LogP contribution is -2.23. The zero-order valence-corrected chi connectivity index (χ0v) is 13.3. The van der Waals surface area contributed by atoms with Crippen molar-refractivity contribution in [1.29, 1.82) is 0 Å². The number of phenols is 1. The van der Waals surface area contributed by atoms with E-state index in [1.807, 2.05) is 12.1 Å². The summed E-state index contributed by atoms with van der Waals surface area (Å²) >= 11 is 0. The molecule has 1 aliphatic carbocycles. The van der Waals surface area contributed by atoms with Crippen molar-refractivity contribution in [3.05, 3.63) is 64.7 Å². The molecule has 0 radical (unpaired) electrons. The summed E-state index contributed by atoms with van der Waals surface area (Å²) in [6.07, 6.45) is 4.49. The largest absolute Gasteiger partial charge is 0.508 e. The summed E-state index contributed by atoms with van der Waals surface area (Å²) in [4.78, 5) is 0. The molecular formula is C21H22O. The van der Waals surface area contributed by atoms with E-state index in [4.69, 9.17) is 0 Å². The van der Waals surface area contributed by atoms with Crippen molar-refractivity contribution in [2.75, 3.05) is 0 Å². The third-order valence-corrected chi connectivity index (χ3v) is 4.52. The molecule has 3 rings (SSSR count). The third kappa shape index (κ3) is 3.17. The highest BCUT2D eigenvalue weighted by Crippen LogP contribution is 2.36. The maximum absolute atomic E-state index is 9.44. The van der Waals surface area contributed by atoms with Crippen LogP contribution in [0.5, 0.6) is 5.75 Å². The molecule has 112 valence electrons. The molecule has 22 heavy (non-hydrogen) atoms. The second-order valence-corrected chi connectivity index (χ2v) is 6.76. The molecule has 0 atom stereocenters. The minimum Gasteiger partial charge on any atom is -0.508 e. The van der Waals surface area contributed by atoms with E-state index in [2.05, 4.69) is 43.9 Å². The number of rotatable bonds is 1. The Morgan fingerprint density at radius 2 is 2.00 bits per heavy atom. The molecule has 0 unspecified atom stereocenters. The van der Waals surface area contributed by atoms with Crippen LogP contribution in [-0.2, 0) is 18.3 Å². The number of benzene rings is 2. The first-order valence-electron chi connectivity index (χ1n) is 7.95. The molecule has 0 aromatic heterocycles. The standard InChI is InChI=1S/C21H22O/c1-21(2)13-5-9-18-14-17(11-12-20(18)21)7-3-6-16-8-4-10-19(22)15-16/h4,8,10-12,14-15,22H,5,7,9,13H2,1-2H3. The second kappa shape index (κ2) is 5.89. The van der Waals surface area contributed by atoms with Gasteiger partial charge in [-0.05, 0) is 59.6 Å². The highest BCUT2D eigenvalue weighted by atomic mass is 16.3. The van der Waals surface area contributed by atoms with Crippen LogP contribution in [0.15, 0.2) is 42.5 Å². The number of aryl methyl sites for hydroxylation is 1. The first-order chi connectivity index (χ1) is 10.5. The Bertz CT molecular complexity index is 744. The van der Waals surface area contributed by atoms with Crippen LogP contribution < -0.4 is 0 Å². The normalized spacial score (nSPS) is 15.5. The van der Waals surface area contributed by atoms with Crippen LogP contribution in [-0.4, -0.2) is 5.11 Å². The monoisotopic (exact) mass is 290 g/mol.